The summed E-state index contributed by atoms with van der Waals surface area (Å²) >= 11 is 1.69. The van der Waals surface area contributed by atoms with E-state index in [1.807, 2.05) is 13.0 Å². The highest BCUT2D eigenvalue weighted by Crippen LogP contribution is 2.25. The molecule has 1 aliphatic heterocycles. The van der Waals surface area contributed by atoms with Crippen molar-refractivity contribution in [1.82, 2.24) is 14.8 Å². The van der Waals surface area contributed by atoms with Gasteiger partial charge in [0.25, 0.3) is 0 Å². The van der Waals surface area contributed by atoms with E-state index < -0.39 is 0 Å². The van der Waals surface area contributed by atoms with Crippen LogP contribution in [0.4, 0.5) is 5.95 Å². The van der Waals surface area contributed by atoms with Gasteiger partial charge in [-0.2, -0.15) is 0 Å². The van der Waals surface area contributed by atoms with E-state index in [9.17, 15) is 0 Å². The Hall–Kier alpha value is -1.79. The Kier molecular flexibility index (Phi) is 5.35. The first-order valence-corrected chi connectivity index (χ1v) is 8.79. The monoisotopic (exact) mass is 330 g/mol. The third-order valence-corrected chi connectivity index (χ3v) is 4.82. The minimum absolute atomic E-state index is 0.742. The van der Waals surface area contributed by atoms with E-state index in [4.69, 9.17) is 4.74 Å². The Morgan fingerprint density at radius 1 is 1.22 bits per heavy atom. The van der Waals surface area contributed by atoms with Crippen LogP contribution in [0.1, 0.15) is 12.5 Å². The quantitative estimate of drug-likeness (QED) is 0.602. The summed E-state index contributed by atoms with van der Waals surface area (Å²) in [5.74, 6) is 1.79. The fourth-order valence-corrected chi connectivity index (χ4v) is 3.25. The molecule has 122 valence electrons. The van der Waals surface area contributed by atoms with Crippen LogP contribution in [0.25, 0.3) is 0 Å². The van der Waals surface area contributed by atoms with Crippen LogP contribution < -0.4 is 4.90 Å². The van der Waals surface area contributed by atoms with Gasteiger partial charge in [0.15, 0.2) is 5.16 Å². The highest BCUT2D eigenvalue weighted by atomic mass is 32.2. The van der Waals surface area contributed by atoms with E-state index in [2.05, 4.69) is 50.5 Å². The van der Waals surface area contributed by atoms with Gasteiger partial charge in [0, 0.05) is 18.8 Å². The lowest BCUT2D eigenvalue weighted by Crippen LogP contribution is -2.38. The van der Waals surface area contributed by atoms with E-state index in [0.717, 1.165) is 55.3 Å². The molecule has 1 fully saturated rings. The molecule has 23 heavy (non-hydrogen) atoms. The Morgan fingerprint density at radius 2 is 1.96 bits per heavy atom. The van der Waals surface area contributed by atoms with Gasteiger partial charge in [-0.3, -0.25) is 4.57 Å². The molecule has 1 aliphatic rings. The van der Waals surface area contributed by atoms with Crippen molar-refractivity contribution in [2.24, 2.45) is 0 Å². The zero-order chi connectivity index (χ0) is 16.1. The Balaban J connectivity index is 1.87. The molecule has 1 saturated heterocycles. The average Bonchev–Trinajstić information content (AvgIpc) is 2.97. The zero-order valence-electron chi connectivity index (χ0n) is 13.4. The molecule has 0 amide bonds. The van der Waals surface area contributed by atoms with Gasteiger partial charge < -0.3 is 9.64 Å². The third kappa shape index (κ3) is 4.14. The predicted molar refractivity (Wildman–Crippen MR) is 94.1 cm³/mol. The van der Waals surface area contributed by atoms with Gasteiger partial charge in [0.05, 0.1) is 19.8 Å². The lowest BCUT2D eigenvalue weighted by atomic mass is 10.2. The Morgan fingerprint density at radius 3 is 2.65 bits per heavy atom. The molecule has 2 heterocycles. The first-order valence-electron chi connectivity index (χ1n) is 7.81. The number of anilines is 1. The molecule has 1 aromatic carbocycles. The summed E-state index contributed by atoms with van der Waals surface area (Å²) in [7, 11) is 0. The van der Waals surface area contributed by atoms with Crippen LogP contribution in [0.5, 0.6) is 0 Å². The zero-order valence-corrected chi connectivity index (χ0v) is 14.3. The molecule has 0 atom stereocenters. The van der Waals surface area contributed by atoms with Crippen molar-refractivity contribution in [3.05, 3.63) is 48.0 Å². The maximum Gasteiger partial charge on any atom is 0.228 e. The van der Waals surface area contributed by atoms with Crippen molar-refractivity contribution in [1.29, 1.82) is 0 Å². The van der Waals surface area contributed by atoms with E-state index in [0.29, 0.717) is 0 Å². The number of rotatable bonds is 6. The molecule has 5 nitrogen and oxygen atoms in total. The van der Waals surface area contributed by atoms with E-state index in [1.54, 1.807) is 11.8 Å². The molecule has 2 aromatic rings. The second kappa shape index (κ2) is 7.66. The summed E-state index contributed by atoms with van der Waals surface area (Å²) in [4.78, 5) is 2.25. The first kappa shape index (κ1) is 16.1. The summed E-state index contributed by atoms with van der Waals surface area (Å²) in [6.07, 6.45) is 0. The molecule has 0 bridgehead atoms. The van der Waals surface area contributed by atoms with E-state index >= 15 is 0 Å². The van der Waals surface area contributed by atoms with Gasteiger partial charge in [0.2, 0.25) is 5.95 Å². The van der Waals surface area contributed by atoms with Crippen LogP contribution in [-0.2, 0) is 11.3 Å². The van der Waals surface area contributed by atoms with Gasteiger partial charge >= 0.3 is 0 Å². The van der Waals surface area contributed by atoms with Crippen LogP contribution in [0.15, 0.2) is 47.6 Å². The Labute approximate surface area is 141 Å². The predicted octanol–water partition coefficient (Wildman–Crippen LogP) is 2.83. The molecule has 0 aliphatic carbocycles. The second-order valence-electron chi connectivity index (χ2n) is 5.70. The van der Waals surface area contributed by atoms with E-state index in [-0.39, 0.29) is 0 Å². The van der Waals surface area contributed by atoms with Crippen molar-refractivity contribution in [2.45, 2.75) is 18.6 Å². The number of aromatic nitrogens is 3. The van der Waals surface area contributed by atoms with Crippen molar-refractivity contribution >= 4 is 17.7 Å². The van der Waals surface area contributed by atoms with Crippen LogP contribution in [0, 0.1) is 0 Å². The summed E-state index contributed by atoms with van der Waals surface area (Å²) < 4.78 is 7.65. The van der Waals surface area contributed by atoms with Crippen LogP contribution >= 0.6 is 11.8 Å². The van der Waals surface area contributed by atoms with Crippen LogP contribution in [0.2, 0.25) is 0 Å². The van der Waals surface area contributed by atoms with Gasteiger partial charge in [-0.05, 0) is 12.5 Å². The van der Waals surface area contributed by atoms with Crippen LogP contribution in [0.3, 0.4) is 0 Å². The fourth-order valence-electron chi connectivity index (χ4n) is 2.48. The first-order chi connectivity index (χ1) is 11.2. The van der Waals surface area contributed by atoms with Crippen molar-refractivity contribution in [2.75, 3.05) is 37.0 Å². The molecule has 0 radical (unpaired) electrons. The molecule has 1 aromatic heterocycles. The van der Waals surface area contributed by atoms with Gasteiger partial charge in [-0.25, -0.2) is 0 Å². The number of hydrogen-bond donors (Lipinski definition) is 0. The average molecular weight is 330 g/mol. The summed E-state index contributed by atoms with van der Waals surface area (Å²) in [6.45, 7) is 9.99. The molecule has 3 rings (SSSR count). The van der Waals surface area contributed by atoms with E-state index in [1.165, 1.54) is 5.56 Å². The minimum atomic E-state index is 0.742. The lowest BCUT2D eigenvalue weighted by Gasteiger charge is -2.28. The van der Waals surface area contributed by atoms with Gasteiger partial charge in [-0.1, -0.05) is 54.2 Å². The Bertz CT molecular complexity index is 650. The molecular formula is C17H22N4OS. The minimum Gasteiger partial charge on any atom is -0.378 e. The second-order valence-corrected chi connectivity index (χ2v) is 6.64. The number of morpholine rings is 1. The topological polar surface area (TPSA) is 43.2 Å². The number of thioether (sulfide) groups is 1. The third-order valence-electron chi connectivity index (χ3n) is 3.62. The molecular weight excluding hydrogens is 308 g/mol. The summed E-state index contributed by atoms with van der Waals surface area (Å²) in [6, 6.07) is 10.4. The highest BCUT2D eigenvalue weighted by molar-refractivity contribution is 7.99. The van der Waals surface area contributed by atoms with Crippen LogP contribution in [-0.4, -0.2) is 46.8 Å². The van der Waals surface area contributed by atoms with Gasteiger partial charge in [-0.15, -0.1) is 10.2 Å². The number of ether oxygens (including phenoxy) is 1. The molecule has 0 N–H and O–H groups in total. The highest BCUT2D eigenvalue weighted by Gasteiger charge is 2.20. The summed E-state index contributed by atoms with van der Waals surface area (Å²) in [5, 5.41) is 9.80. The normalized spacial score (nSPS) is 14.9. The maximum atomic E-state index is 5.45. The molecule has 0 unspecified atom stereocenters. The van der Waals surface area contributed by atoms with Crippen molar-refractivity contribution in [3.63, 3.8) is 0 Å². The summed E-state index contributed by atoms with van der Waals surface area (Å²) in [5.41, 5.74) is 2.39. The number of benzene rings is 1. The fraction of sp³-hybridized carbons (Fsp3) is 0.412. The largest absolute Gasteiger partial charge is 0.378 e. The molecule has 6 heteroatoms. The maximum absolute atomic E-state index is 5.45. The molecule has 0 saturated carbocycles. The van der Waals surface area contributed by atoms with Gasteiger partial charge in [0.1, 0.15) is 0 Å². The SMILES string of the molecule is C=C(C)CSc1nnc(N2CCOCC2)n1Cc1ccccc1. The lowest BCUT2D eigenvalue weighted by molar-refractivity contribution is 0.121. The van der Waals surface area contributed by atoms with Crippen molar-refractivity contribution in [3.8, 4) is 0 Å². The molecule has 0 spiro atoms. The smallest absolute Gasteiger partial charge is 0.228 e. The number of nitrogens with zero attached hydrogens (tertiary/aromatic N) is 4. The van der Waals surface area contributed by atoms with Crippen molar-refractivity contribution < 1.29 is 4.74 Å². The number of hydrogen-bond acceptors (Lipinski definition) is 5. The standard InChI is InChI=1S/C17H22N4OS/c1-14(2)13-23-17-19-18-16(20-8-10-22-11-9-20)21(17)12-15-6-4-3-5-7-15/h3-7H,1,8-13H2,2H3.